The highest BCUT2D eigenvalue weighted by Gasteiger charge is 2.21. The monoisotopic (exact) mass is 407 g/mol. The zero-order chi connectivity index (χ0) is 21.9. The molecular formula is C22H25N5O3. The summed E-state index contributed by atoms with van der Waals surface area (Å²) >= 11 is 0. The minimum atomic E-state index is -0.627. The lowest BCUT2D eigenvalue weighted by Crippen LogP contribution is -2.38. The van der Waals surface area contributed by atoms with Crippen molar-refractivity contribution >= 4 is 34.4 Å². The minimum absolute atomic E-state index is 0.140. The van der Waals surface area contributed by atoms with E-state index in [1.165, 1.54) is 11.9 Å². The Kier molecular flexibility index (Phi) is 5.86. The van der Waals surface area contributed by atoms with Gasteiger partial charge in [0, 0.05) is 23.7 Å². The number of nitrogens with two attached hydrogens (primary N) is 1. The van der Waals surface area contributed by atoms with Crippen LogP contribution in [0.2, 0.25) is 0 Å². The molecule has 3 rings (SSSR count). The number of hydrogen-bond acceptors (Lipinski definition) is 6. The lowest BCUT2D eigenvalue weighted by molar-refractivity contribution is -0.117. The molecule has 3 N–H and O–H groups in total. The van der Waals surface area contributed by atoms with Crippen LogP contribution in [0.4, 0.5) is 16.3 Å². The largest absolute Gasteiger partial charge is 0.444 e. The summed E-state index contributed by atoms with van der Waals surface area (Å²) in [7, 11) is 1.51. The van der Waals surface area contributed by atoms with Crippen LogP contribution in [-0.4, -0.2) is 46.1 Å². The maximum atomic E-state index is 12.4. The summed E-state index contributed by atoms with van der Waals surface area (Å²) in [6.45, 7) is 5.17. The molecule has 0 aliphatic heterocycles. The molecule has 156 valence electrons. The van der Waals surface area contributed by atoms with Crippen LogP contribution in [0.1, 0.15) is 20.8 Å². The van der Waals surface area contributed by atoms with Crippen LogP contribution >= 0.6 is 0 Å². The maximum Gasteiger partial charge on any atom is 0.410 e. The number of likely N-dealkylation sites (N-methyl/N-ethyl adjacent to an activating group) is 1. The third-order valence-corrected chi connectivity index (χ3v) is 4.12. The van der Waals surface area contributed by atoms with E-state index >= 15 is 0 Å². The van der Waals surface area contributed by atoms with Crippen LogP contribution in [-0.2, 0) is 9.53 Å². The Morgan fingerprint density at radius 1 is 1.10 bits per heavy atom. The predicted molar refractivity (Wildman–Crippen MR) is 117 cm³/mol. The number of fused-ring (bicyclic) bond motifs is 1. The number of para-hydroxylation sites is 1. The van der Waals surface area contributed by atoms with Crippen molar-refractivity contribution in [3.63, 3.8) is 0 Å². The number of benzene rings is 2. The number of anilines is 2. The van der Waals surface area contributed by atoms with E-state index in [-0.39, 0.29) is 12.5 Å². The number of carbonyl (C=O) groups is 2. The normalized spacial score (nSPS) is 11.2. The second-order valence-corrected chi connectivity index (χ2v) is 7.91. The Labute approximate surface area is 175 Å². The molecule has 1 aromatic heterocycles. The second-order valence-electron chi connectivity index (χ2n) is 7.91. The summed E-state index contributed by atoms with van der Waals surface area (Å²) in [4.78, 5) is 34.5. The lowest BCUT2D eigenvalue weighted by atomic mass is 10.1. The number of ether oxygens (including phenoxy) is 1. The van der Waals surface area contributed by atoms with Crippen LogP contribution in [0.5, 0.6) is 0 Å². The molecule has 0 fully saturated rings. The van der Waals surface area contributed by atoms with Crippen molar-refractivity contribution in [2.24, 2.45) is 0 Å². The summed E-state index contributed by atoms with van der Waals surface area (Å²) in [6, 6.07) is 14.6. The van der Waals surface area contributed by atoms with Crippen LogP contribution in [0.25, 0.3) is 22.3 Å². The number of rotatable bonds is 4. The molecule has 1 heterocycles. The van der Waals surface area contributed by atoms with Gasteiger partial charge in [0.1, 0.15) is 18.0 Å². The Morgan fingerprint density at radius 3 is 2.57 bits per heavy atom. The van der Waals surface area contributed by atoms with Gasteiger partial charge in [-0.15, -0.1) is 0 Å². The molecule has 0 aliphatic rings. The molecule has 2 aromatic carbocycles. The number of carbonyl (C=O) groups excluding carboxylic acids is 2. The fourth-order valence-corrected chi connectivity index (χ4v) is 2.79. The first-order valence-corrected chi connectivity index (χ1v) is 9.49. The van der Waals surface area contributed by atoms with Gasteiger partial charge in [0.15, 0.2) is 5.82 Å². The average Bonchev–Trinajstić information content (AvgIpc) is 2.66. The second kappa shape index (κ2) is 8.36. The molecule has 0 unspecified atom stereocenters. The summed E-state index contributed by atoms with van der Waals surface area (Å²) in [5.74, 6) is 0.511. The van der Waals surface area contributed by atoms with E-state index in [9.17, 15) is 9.59 Å². The first-order valence-electron chi connectivity index (χ1n) is 9.49. The van der Waals surface area contributed by atoms with Crippen LogP contribution in [0.3, 0.4) is 0 Å². The zero-order valence-corrected chi connectivity index (χ0v) is 17.5. The Balaban J connectivity index is 1.73. The number of aromatic nitrogens is 2. The third-order valence-electron chi connectivity index (χ3n) is 4.12. The van der Waals surface area contributed by atoms with E-state index in [0.29, 0.717) is 22.9 Å². The first-order chi connectivity index (χ1) is 14.1. The van der Waals surface area contributed by atoms with E-state index in [1.807, 2.05) is 30.3 Å². The molecule has 0 atom stereocenters. The molecule has 0 saturated carbocycles. The van der Waals surface area contributed by atoms with E-state index < -0.39 is 11.7 Å². The number of nitrogens with one attached hydrogen (secondary N) is 1. The molecule has 0 radical (unpaired) electrons. The van der Waals surface area contributed by atoms with E-state index in [0.717, 1.165) is 10.9 Å². The van der Waals surface area contributed by atoms with Gasteiger partial charge < -0.3 is 20.7 Å². The van der Waals surface area contributed by atoms with Crippen molar-refractivity contribution in [2.75, 3.05) is 24.6 Å². The van der Waals surface area contributed by atoms with Crippen LogP contribution in [0, 0.1) is 0 Å². The van der Waals surface area contributed by atoms with Crippen molar-refractivity contribution in [3.8, 4) is 11.4 Å². The molecule has 0 aliphatic carbocycles. The Bertz CT molecular complexity index is 1090. The highest BCUT2D eigenvalue weighted by molar-refractivity contribution is 5.94. The molecule has 30 heavy (non-hydrogen) atoms. The van der Waals surface area contributed by atoms with Crippen molar-refractivity contribution in [1.82, 2.24) is 14.9 Å². The molecule has 2 amide bonds. The van der Waals surface area contributed by atoms with E-state index in [4.69, 9.17) is 10.5 Å². The van der Waals surface area contributed by atoms with Gasteiger partial charge in [-0.2, -0.15) is 0 Å². The van der Waals surface area contributed by atoms with Crippen molar-refractivity contribution in [2.45, 2.75) is 26.4 Å². The Hall–Kier alpha value is -3.68. The molecular weight excluding hydrogens is 382 g/mol. The highest BCUT2D eigenvalue weighted by atomic mass is 16.6. The highest BCUT2D eigenvalue weighted by Crippen LogP contribution is 2.24. The first kappa shape index (κ1) is 21.0. The standard InChI is InChI=1S/C22H25N5O3/c1-22(2,3)30-21(29)27(4)13-18(28)24-15-9-7-8-14(12-15)20-25-17-11-6-5-10-16(17)19(23)26-20/h5-12H,13H2,1-4H3,(H,24,28)(H2,23,25,26). The molecule has 0 spiro atoms. The summed E-state index contributed by atoms with van der Waals surface area (Å²) in [6.07, 6.45) is -0.563. The van der Waals surface area contributed by atoms with Gasteiger partial charge in [-0.3, -0.25) is 4.79 Å². The smallest absolute Gasteiger partial charge is 0.410 e. The number of amides is 2. The van der Waals surface area contributed by atoms with Gasteiger partial charge in [0.25, 0.3) is 0 Å². The zero-order valence-electron chi connectivity index (χ0n) is 17.5. The van der Waals surface area contributed by atoms with E-state index in [2.05, 4.69) is 15.3 Å². The maximum absolute atomic E-state index is 12.4. The lowest BCUT2D eigenvalue weighted by Gasteiger charge is -2.24. The summed E-state index contributed by atoms with van der Waals surface area (Å²) in [5, 5.41) is 3.57. The van der Waals surface area contributed by atoms with Gasteiger partial charge in [-0.1, -0.05) is 24.3 Å². The molecule has 0 saturated heterocycles. The fourth-order valence-electron chi connectivity index (χ4n) is 2.79. The van der Waals surface area contributed by atoms with Gasteiger partial charge in [-0.25, -0.2) is 14.8 Å². The van der Waals surface area contributed by atoms with Crippen molar-refractivity contribution < 1.29 is 14.3 Å². The topological polar surface area (TPSA) is 110 Å². The van der Waals surface area contributed by atoms with Gasteiger partial charge in [0.05, 0.1) is 5.52 Å². The summed E-state index contributed by atoms with van der Waals surface area (Å²) < 4.78 is 5.25. The number of nitrogens with zero attached hydrogens (tertiary/aromatic N) is 3. The van der Waals surface area contributed by atoms with Crippen LogP contribution < -0.4 is 11.1 Å². The number of hydrogen-bond donors (Lipinski definition) is 2. The van der Waals surface area contributed by atoms with Gasteiger partial charge >= 0.3 is 6.09 Å². The third kappa shape index (κ3) is 5.22. The SMILES string of the molecule is CN(CC(=O)Nc1cccc(-c2nc(N)c3ccccc3n2)c1)C(=O)OC(C)(C)C. The minimum Gasteiger partial charge on any atom is -0.444 e. The van der Waals surface area contributed by atoms with Crippen molar-refractivity contribution in [1.29, 1.82) is 0 Å². The molecule has 0 bridgehead atoms. The summed E-state index contributed by atoms with van der Waals surface area (Å²) in [5.41, 5.74) is 7.46. The van der Waals surface area contributed by atoms with E-state index in [1.54, 1.807) is 39.0 Å². The Morgan fingerprint density at radius 2 is 1.83 bits per heavy atom. The van der Waals surface area contributed by atoms with Gasteiger partial charge in [-0.05, 0) is 45.0 Å². The predicted octanol–water partition coefficient (Wildman–Crippen LogP) is 3.68. The van der Waals surface area contributed by atoms with Crippen LogP contribution in [0.15, 0.2) is 48.5 Å². The van der Waals surface area contributed by atoms with Crippen molar-refractivity contribution in [3.05, 3.63) is 48.5 Å². The quantitative estimate of drug-likeness (QED) is 0.682. The molecule has 8 heteroatoms. The van der Waals surface area contributed by atoms with Gasteiger partial charge in [0.2, 0.25) is 5.91 Å². The number of nitrogen functional groups attached to an aromatic ring is 1. The fraction of sp³-hybridized carbons (Fsp3) is 0.273. The average molecular weight is 407 g/mol. The molecule has 8 nitrogen and oxygen atoms in total. The molecule has 3 aromatic rings.